The van der Waals surface area contributed by atoms with Gasteiger partial charge in [-0.05, 0) is 30.7 Å². The molecule has 0 radical (unpaired) electrons. The molecule has 21 heavy (non-hydrogen) atoms. The Morgan fingerprint density at radius 1 is 1.05 bits per heavy atom. The maximum absolute atomic E-state index is 12.0. The lowest BCUT2D eigenvalue weighted by atomic mass is 10.1. The van der Waals surface area contributed by atoms with Gasteiger partial charge in [0.05, 0.1) is 13.7 Å². The Hall–Kier alpha value is -1.81. The molecule has 0 amide bonds. The largest absolute Gasteiger partial charge is 0.493 e. The van der Waals surface area contributed by atoms with Gasteiger partial charge in [-0.15, -0.1) is 0 Å². The van der Waals surface area contributed by atoms with E-state index in [-0.39, 0.29) is 5.78 Å². The molecule has 3 nitrogen and oxygen atoms in total. The van der Waals surface area contributed by atoms with Crippen LogP contribution in [-0.4, -0.2) is 19.5 Å². The molecule has 0 aromatic heterocycles. The number of hydrogen-bond donors (Lipinski definition) is 0. The normalized spacial score (nSPS) is 10.2. The van der Waals surface area contributed by atoms with Gasteiger partial charge in [0.25, 0.3) is 0 Å². The summed E-state index contributed by atoms with van der Waals surface area (Å²) in [6.07, 6.45) is 1.14. The van der Waals surface area contributed by atoms with Gasteiger partial charge in [0, 0.05) is 16.5 Å². The fourth-order valence-corrected chi connectivity index (χ4v) is 2.20. The molecule has 0 unspecified atom stereocenters. The molecule has 0 saturated heterocycles. The Kier molecular flexibility index (Phi) is 5.81. The number of ether oxygens (including phenoxy) is 2. The monoisotopic (exact) mass is 348 g/mol. The minimum Gasteiger partial charge on any atom is -0.493 e. The van der Waals surface area contributed by atoms with Crippen LogP contribution in [0, 0.1) is 0 Å². The Bertz CT molecular complexity index is 593. The van der Waals surface area contributed by atoms with Crippen LogP contribution in [0.4, 0.5) is 0 Å². The lowest BCUT2D eigenvalue weighted by Gasteiger charge is -2.09. The summed E-state index contributed by atoms with van der Waals surface area (Å²) in [6.45, 7) is 0.489. The Morgan fingerprint density at radius 3 is 2.38 bits per heavy atom. The molecule has 0 aliphatic carbocycles. The van der Waals surface area contributed by atoms with Crippen LogP contribution in [0.15, 0.2) is 53.0 Å². The zero-order chi connectivity index (χ0) is 15.1. The molecule has 0 heterocycles. The van der Waals surface area contributed by atoms with Gasteiger partial charge >= 0.3 is 0 Å². The number of benzene rings is 2. The van der Waals surface area contributed by atoms with Gasteiger partial charge < -0.3 is 9.47 Å². The van der Waals surface area contributed by atoms with Crippen LogP contribution in [0.3, 0.4) is 0 Å². The number of carbonyl (C=O) groups excluding carboxylic acids is 1. The Balaban J connectivity index is 1.79. The number of para-hydroxylation sites is 2. The third kappa shape index (κ3) is 4.60. The van der Waals surface area contributed by atoms with Crippen LogP contribution >= 0.6 is 15.9 Å². The van der Waals surface area contributed by atoms with Gasteiger partial charge in [0.2, 0.25) is 0 Å². The molecule has 0 atom stereocenters. The maximum Gasteiger partial charge on any atom is 0.163 e. The van der Waals surface area contributed by atoms with E-state index in [2.05, 4.69) is 15.9 Å². The zero-order valence-corrected chi connectivity index (χ0v) is 13.4. The molecule has 2 aromatic rings. The molecule has 0 aliphatic rings. The van der Waals surface area contributed by atoms with Crippen LogP contribution in [0.5, 0.6) is 11.5 Å². The molecule has 110 valence electrons. The molecular formula is C17H17BrO3. The van der Waals surface area contributed by atoms with Crippen molar-refractivity contribution in [1.82, 2.24) is 0 Å². The van der Waals surface area contributed by atoms with Crippen molar-refractivity contribution in [1.29, 1.82) is 0 Å². The van der Waals surface area contributed by atoms with Crippen molar-refractivity contribution in [3.63, 3.8) is 0 Å². The van der Waals surface area contributed by atoms with E-state index in [1.165, 1.54) is 0 Å². The predicted octanol–water partition coefficient (Wildman–Crippen LogP) is 4.50. The van der Waals surface area contributed by atoms with E-state index < -0.39 is 0 Å². The summed E-state index contributed by atoms with van der Waals surface area (Å²) in [4.78, 5) is 12.0. The first-order valence-corrected chi connectivity index (χ1v) is 7.54. The smallest absolute Gasteiger partial charge is 0.163 e. The summed E-state index contributed by atoms with van der Waals surface area (Å²) >= 11 is 3.35. The van der Waals surface area contributed by atoms with Crippen LogP contribution in [-0.2, 0) is 0 Å². The molecule has 4 heteroatoms. The van der Waals surface area contributed by atoms with Crippen molar-refractivity contribution in [2.45, 2.75) is 12.8 Å². The average Bonchev–Trinajstić information content (AvgIpc) is 2.52. The maximum atomic E-state index is 12.0. The quantitative estimate of drug-likeness (QED) is 0.545. The molecule has 0 N–H and O–H groups in total. The highest BCUT2D eigenvalue weighted by Crippen LogP contribution is 2.25. The van der Waals surface area contributed by atoms with Gasteiger partial charge in [0.1, 0.15) is 0 Å². The minimum atomic E-state index is 0.131. The van der Waals surface area contributed by atoms with Gasteiger partial charge in [-0.3, -0.25) is 4.79 Å². The van der Waals surface area contributed by atoms with Gasteiger partial charge in [-0.1, -0.05) is 40.2 Å². The second kappa shape index (κ2) is 7.84. The number of methoxy groups -OCH3 is 1. The number of ketones is 1. The molecule has 2 rings (SSSR count). The Labute approximate surface area is 133 Å². The van der Waals surface area contributed by atoms with E-state index >= 15 is 0 Å². The van der Waals surface area contributed by atoms with Crippen LogP contribution < -0.4 is 9.47 Å². The van der Waals surface area contributed by atoms with Crippen molar-refractivity contribution in [2.24, 2.45) is 0 Å². The predicted molar refractivity (Wildman–Crippen MR) is 86.2 cm³/mol. The number of Topliss-reactive ketones (excluding diaryl/α,β-unsaturated/α-hetero) is 1. The first kappa shape index (κ1) is 15.6. The molecule has 0 spiro atoms. The molecule has 0 fully saturated rings. The molecule has 2 aromatic carbocycles. The van der Waals surface area contributed by atoms with E-state index in [0.29, 0.717) is 30.9 Å². The summed E-state index contributed by atoms with van der Waals surface area (Å²) in [6, 6.07) is 14.9. The Morgan fingerprint density at radius 2 is 1.71 bits per heavy atom. The summed E-state index contributed by atoms with van der Waals surface area (Å²) in [5.74, 6) is 1.54. The second-order valence-corrected chi connectivity index (χ2v) is 5.45. The van der Waals surface area contributed by atoms with E-state index in [0.717, 1.165) is 10.0 Å². The fraction of sp³-hybridized carbons (Fsp3) is 0.235. The third-order valence-corrected chi connectivity index (χ3v) is 3.57. The van der Waals surface area contributed by atoms with Crippen LogP contribution in [0.2, 0.25) is 0 Å². The highest BCUT2D eigenvalue weighted by molar-refractivity contribution is 9.10. The van der Waals surface area contributed by atoms with Crippen molar-refractivity contribution < 1.29 is 14.3 Å². The highest BCUT2D eigenvalue weighted by atomic mass is 79.9. The first-order chi connectivity index (χ1) is 10.2. The topological polar surface area (TPSA) is 35.5 Å². The van der Waals surface area contributed by atoms with E-state index in [1.807, 2.05) is 48.5 Å². The number of hydrogen-bond acceptors (Lipinski definition) is 3. The number of halogens is 1. The second-order valence-electron chi connectivity index (χ2n) is 4.53. The average molecular weight is 349 g/mol. The van der Waals surface area contributed by atoms with Gasteiger partial charge in [0.15, 0.2) is 17.3 Å². The fourth-order valence-electron chi connectivity index (χ4n) is 1.93. The van der Waals surface area contributed by atoms with Crippen molar-refractivity contribution >= 4 is 21.7 Å². The van der Waals surface area contributed by atoms with Crippen LogP contribution in [0.1, 0.15) is 23.2 Å². The van der Waals surface area contributed by atoms with E-state index in [1.54, 1.807) is 7.11 Å². The van der Waals surface area contributed by atoms with Crippen LogP contribution in [0.25, 0.3) is 0 Å². The summed E-state index contributed by atoms with van der Waals surface area (Å²) in [5.41, 5.74) is 0.732. The SMILES string of the molecule is COc1ccccc1OCCCC(=O)c1ccc(Br)cc1. The highest BCUT2D eigenvalue weighted by Gasteiger charge is 2.06. The van der Waals surface area contributed by atoms with Crippen molar-refractivity contribution in [2.75, 3.05) is 13.7 Å². The van der Waals surface area contributed by atoms with E-state index in [9.17, 15) is 4.79 Å². The van der Waals surface area contributed by atoms with Gasteiger partial charge in [-0.25, -0.2) is 0 Å². The number of rotatable bonds is 7. The minimum absolute atomic E-state index is 0.131. The molecular weight excluding hydrogens is 332 g/mol. The van der Waals surface area contributed by atoms with Gasteiger partial charge in [-0.2, -0.15) is 0 Å². The van der Waals surface area contributed by atoms with Crippen molar-refractivity contribution in [3.05, 3.63) is 58.6 Å². The number of carbonyl (C=O) groups is 1. The molecule has 0 bridgehead atoms. The standard InChI is InChI=1S/C17H17BrO3/c1-20-16-6-2-3-7-17(16)21-12-4-5-15(19)13-8-10-14(18)11-9-13/h2-3,6-11H,4-5,12H2,1H3. The first-order valence-electron chi connectivity index (χ1n) is 6.75. The lowest BCUT2D eigenvalue weighted by molar-refractivity contribution is 0.0973. The molecule has 0 saturated carbocycles. The van der Waals surface area contributed by atoms with Crippen molar-refractivity contribution in [3.8, 4) is 11.5 Å². The molecule has 0 aliphatic heterocycles. The lowest BCUT2D eigenvalue weighted by Crippen LogP contribution is -2.04. The summed E-state index contributed by atoms with van der Waals surface area (Å²) < 4.78 is 11.8. The van der Waals surface area contributed by atoms with E-state index in [4.69, 9.17) is 9.47 Å². The zero-order valence-electron chi connectivity index (χ0n) is 11.8. The summed E-state index contributed by atoms with van der Waals surface area (Å²) in [5, 5.41) is 0. The summed E-state index contributed by atoms with van der Waals surface area (Å²) in [7, 11) is 1.61. The third-order valence-electron chi connectivity index (χ3n) is 3.04.